The van der Waals surface area contributed by atoms with E-state index in [1.807, 2.05) is 6.92 Å². The third-order valence-electron chi connectivity index (χ3n) is 3.78. The maximum absolute atomic E-state index is 13.2. The Morgan fingerprint density at radius 3 is 2.20 bits per heavy atom. The molecule has 7 heteroatoms. The van der Waals surface area contributed by atoms with E-state index in [1.165, 1.54) is 24.3 Å². The number of halogens is 2. The summed E-state index contributed by atoms with van der Waals surface area (Å²) in [6.45, 7) is 1.84. The van der Waals surface area contributed by atoms with Crippen LogP contribution in [0.3, 0.4) is 0 Å². The number of nitrogens with one attached hydrogen (secondary N) is 1. The van der Waals surface area contributed by atoms with Crippen LogP contribution in [0.5, 0.6) is 0 Å². The summed E-state index contributed by atoms with van der Waals surface area (Å²) in [6, 6.07) is 12.0. The lowest BCUT2D eigenvalue weighted by atomic mass is 10.3. The number of rotatable bonds is 3. The van der Waals surface area contributed by atoms with Gasteiger partial charge < -0.3 is 5.32 Å². The first-order chi connectivity index (χ1) is 12.1. The van der Waals surface area contributed by atoms with Crippen molar-refractivity contribution in [1.29, 1.82) is 0 Å². The van der Waals surface area contributed by atoms with Crippen molar-refractivity contribution in [2.75, 3.05) is 5.32 Å². The normalized spacial score (nSPS) is 11.0. The zero-order valence-corrected chi connectivity index (χ0v) is 13.2. The number of aromatic nitrogens is 4. The van der Waals surface area contributed by atoms with Crippen LogP contribution in [0, 0.1) is 18.6 Å². The van der Waals surface area contributed by atoms with Crippen LogP contribution in [-0.4, -0.2) is 19.5 Å². The fourth-order valence-corrected chi connectivity index (χ4v) is 2.55. The first-order valence-corrected chi connectivity index (χ1v) is 7.60. The van der Waals surface area contributed by atoms with Crippen LogP contribution in [0.2, 0.25) is 0 Å². The highest BCUT2D eigenvalue weighted by Crippen LogP contribution is 2.22. The van der Waals surface area contributed by atoms with Gasteiger partial charge in [-0.1, -0.05) is 0 Å². The quantitative estimate of drug-likeness (QED) is 0.610. The summed E-state index contributed by atoms with van der Waals surface area (Å²) >= 11 is 0. The van der Waals surface area contributed by atoms with Gasteiger partial charge >= 0.3 is 0 Å². The van der Waals surface area contributed by atoms with E-state index in [0.29, 0.717) is 28.5 Å². The first kappa shape index (κ1) is 15.2. The van der Waals surface area contributed by atoms with Gasteiger partial charge in [0.1, 0.15) is 23.5 Å². The summed E-state index contributed by atoms with van der Waals surface area (Å²) in [6.07, 6.45) is 1.63. The van der Waals surface area contributed by atoms with Gasteiger partial charge in [0, 0.05) is 11.4 Å². The van der Waals surface area contributed by atoms with E-state index in [2.05, 4.69) is 20.3 Å². The maximum atomic E-state index is 13.2. The van der Waals surface area contributed by atoms with E-state index >= 15 is 0 Å². The highest BCUT2D eigenvalue weighted by Gasteiger charge is 2.12. The molecule has 2 heterocycles. The number of aryl methyl sites for hydroxylation is 1. The highest BCUT2D eigenvalue weighted by molar-refractivity contribution is 5.77. The molecule has 124 valence electrons. The molecule has 0 aliphatic carbocycles. The molecular formula is C18H13F2N5. The van der Waals surface area contributed by atoms with Crippen molar-refractivity contribution < 1.29 is 8.78 Å². The number of benzene rings is 2. The maximum Gasteiger partial charge on any atom is 0.229 e. The average molecular weight is 337 g/mol. The summed E-state index contributed by atoms with van der Waals surface area (Å²) < 4.78 is 27.9. The average Bonchev–Trinajstić information content (AvgIpc) is 3.02. The molecule has 1 N–H and O–H groups in total. The molecule has 5 nitrogen and oxygen atoms in total. The van der Waals surface area contributed by atoms with Crippen molar-refractivity contribution >= 4 is 22.8 Å². The fourth-order valence-electron chi connectivity index (χ4n) is 2.55. The SMILES string of the molecule is Cc1nc(Nc2ccc(F)cc2)nc2c1ncn2-c1ccc(F)cc1. The number of hydrogen-bond donors (Lipinski definition) is 1. The Balaban J connectivity index is 1.78. The summed E-state index contributed by atoms with van der Waals surface area (Å²) in [4.78, 5) is 13.2. The molecule has 0 aliphatic rings. The molecule has 0 bridgehead atoms. The number of imidazole rings is 1. The number of fused-ring (bicyclic) bond motifs is 1. The lowest BCUT2D eigenvalue weighted by Crippen LogP contribution is -2.02. The first-order valence-electron chi connectivity index (χ1n) is 7.60. The van der Waals surface area contributed by atoms with Crippen LogP contribution < -0.4 is 5.32 Å². The summed E-state index contributed by atoms with van der Waals surface area (Å²) in [5.41, 5.74) is 3.39. The van der Waals surface area contributed by atoms with Crippen molar-refractivity contribution in [1.82, 2.24) is 19.5 Å². The molecule has 4 aromatic rings. The van der Waals surface area contributed by atoms with Crippen molar-refractivity contribution in [3.63, 3.8) is 0 Å². The Morgan fingerprint density at radius 2 is 1.52 bits per heavy atom. The van der Waals surface area contributed by atoms with Gasteiger partial charge in [0.15, 0.2) is 5.65 Å². The second kappa shape index (κ2) is 5.94. The van der Waals surface area contributed by atoms with E-state index in [4.69, 9.17) is 0 Å². The van der Waals surface area contributed by atoms with E-state index < -0.39 is 0 Å². The minimum atomic E-state index is -0.313. The van der Waals surface area contributed by atoms with E-state index in [-0.39, 0.29) is 11.6 Å². The molecule has 0 saturated carbocycles. The Hall–Kier alpha value is -3.35. The summed E-state index contributed by atoms with van der Waals surface area (Å²) in [5, 5.41) is 3.05. The lowest BCUT2D eigenvalue weighted by molar-refractivity contribution is 0.627. The topological polar surface area (TPSA) is 55.6 Å². The van der Waals surface area contributed by atoms with Crippen LogP contribution in [0.15, 0.2) is 54.9 Å². The second-order valence-electron chi connectivity index (χ2n) is 5.53. The van der Waals surface area contributed by atoms with Gasteiger partial charge in [-0.05, 0) is 55.5 Å². The lowest BCUT2D eigenvalue weighted by Gasteiger charge is -2.08. The molecule has 0 atom stereocenters. The molecule has 0 spiro atoms. The van der Waals surface area contributed by atoms with Crippen LogP contribution in [-0.2, 0) is 0 Å². The van der Waals surface area contributed by atoms with Gasteiger partial charge in [0.05, 0.1) is 5.69 Å². The van der Waals surface area contributed by atoms with Crippen LogP contribution in [0.1, 0.15) is 5.69 Å². The molecule has 2 aromatic heterocycles. The predicted molar refractivity (Wildman–Crippen MR) is 91.0 cm³/mol. The molecular weight excluding hydrogens is 324 g/mol. The predicted octanol–water partition coefficient (Wildman–Crippen LogP) is 4.15. The largest absolute Gasteiger partial charge is 0.324 e. The standard InChI is InChI=1S/C18H13F2N5/c1-11-16-17(25(10-21-16)15-8-4-13(20)5-9-15)24-18(22-11)23-14-6-2-12(19)3-7-14/h2-10H,1H3,(H,22,23,24). The van der Waals surface area contributed by atoms with Gasteiger partial charge in [-0.15, -0.1) is 0 Å². The smallest absolute Gasteiger partial charge is 0.229 e. The van der Waals surface area contributed by atoms with Crippen molar-refractivity contribution in [3.8, 4) is 5.69 Å². The Bertz CT molecular complexity index is 1040. The third kappa shape index (κ3) is 2.91. The van der Waals surface area contributed by atoms with Gasteiger partial charge in [-0.3, -0.25) is 4.57 Å². The summed E-state index contributed by atoms with van der Waals surface area (Å²) in [5.74, 6) is -0.245. The zero-order valence-electron chi connectivity index (χ0n) is 13.2. The Labute approximate surface area is 142 Å². The van der Waals surface area contributed by atoms with Gasteiger partial charge in [-0.25, -0.2) is 18.7 Å². The van der Waals surface area contributed by atoms with E-state index in [1.54, 1.807) is 35.2 Å². The Kier molecular flexibility index (Phi) is 3.61. The highest BCUT2D eigenvalue weighted by atomic mass is 19.1. The fraction of sp³-hybridized carbons (Fsp3) is 0.0556. The number of anilines is 2. The van der Waals surface area contributed by atoms with Crippen molar-refractivity contribution in [3.05, 3.63) is 72.2 Å². The van der Waals surface area contributed by atoms with Crippen molar-refractivity contribution in [2.24, 2.45) is 0 Å². The number of nitrogens with zero attached hydrogens (tertiary/aromatic N) is 4. The van der Waals surface area contributed by atoms with Gasteiger partial charge in [0.2, 0.25) is 5.95 Å². The Morgan fingerprint density at radius 1 is 0.880 bits per heavy atom. The van der Waals surface area contributed by atoms with Crippen LogP contribution in [0.25, 0.3) is 16.9 Å². The van der Waals surface area contributed by atoms with E-state index in [9.17, 15) is 8.78 Å². The molecule has 2 aromatic carbocycles. The monoisotopic (exact) mass is 337 g/mol. The molecule has 0 amide bonds. The van der Waals surface area contributed by atoms with E-state index in [0.717, 1.165) is 5.69 Å². The minimum Gasteiger partial charge on any atom is -0.324 e. The van der Waals surface area contributed by atoms with Crippen molar-refractivity contribution in [2.45, 2.75) is 6.92 Å². The molecule has 0 saturated heterocycles. The second-order valence-corrected chi connectivity index (χ2v) is 5.53. The minimum absolute atomic E-state index is 0.308. The molecule has 25 heavy (non-hydrogen) atoms. The van der Waals surface area contributed by atoms with Gasteiger partial charge in [0.25, 0.3) is 0 Å². The number of hydrogen-bond acceptors (Lipinski definition) is 4. The summed E-state index contributed by atoms with van der Waals surface area (Å²) in [7, 11) is 0. The molecule has 0 aliphatic heterocycles. The zero-order chi connectivity index (χ0) is 17.4. The molecule has 0 radical (unpaired) electrons. The van der Waals surface area contributed by atoms with Gasteiger partial charge in [-0.2, -0.15) is 4.98 Å². The molecule has 0 unspecified atom stereocenters. The van der Waals surface area contributed by atoms with Crippen LogP contribution in [0.4, 0.5) is 20.4 Å². The van der Waals surface area contributed by atoms with Crippen LogP contribution >= 0.6 is 0 Å². The molecule has 4 rings (SSSR count). The third-order valence-corrected chi connectivity index (χ3v) is 3.78. The molecule has 0 fully saturated rings.